The first-order valence-electron chi connectivity index (χ1n) is 6.20. The Hall–Kier alpha value is -1.29. The Kier molecular flexibility index (Phi) is 3.84. The van der Waals surface area contributed by atoms with Gasteiger partial charge in [-0.1, -0.05) is 6.42 Å². The molecule has 4 nitrogen and oxygen atoms in total. The number of nitrogens with one attached hydrogen (secondary N) is 2. The standard InChI is InChI=1S/C13H20N2O2/c1-9(10-4-3-5-10)14-8-11-6-7-12(15-11)13(16)17-2/h6-7,9-10,14-15H,3-5,8H2,1-2H3. The lowest BCUT2D eigenvalue weighted by molar-refractivity contribution is 0.0594. The van der Waals surface area contributed by atoms with Crippen molar-refractivity contribution in [3.63, 3.8) is 0 Å². The molecule has 1 saturated carbocycles. The zero-order valence-electron chi connectivity index (χ0n) is 10.5. The Morgan fingerprint density at radius 3 is 2.94 bits per heavy atom. The van der Waals surface area contributed by atoms with Crippen molar-refractivity contribution in [2.24, 2.45) is 5.92 Å². The third-order valence-electron chi connectivity index (χ3n) is 3.62. The van der Waals surface area contributed by atoms with Crippen LogP contribution in [0.5, 0.6) is 0 Å². The summed E-state index contributed by atoms with van der Waals surface area (Å²) >= 11 is 0. The number of rotatable bonds is 5. The number of H-pyrrole nitrogens is 1. The summed E-state index contributed by atoms with van der Waals surface area (Å²) in [5, 5.41) is 3.49. The normalized spacial score (nSPS) is 17.5. The van der Waals surface area contributed by atoms with Crippen molar-refractivity contribution in [1.82, 2.24) is 10.3 Å². The van der Waals surface area contributed by atoms with E-state index in [1.807, 2.05) is 6.07 Å². The van der Waals surface area contributed by atoms with Gasteiger partial charge in [0.15, 0.2) is 0 Å². The quantitative estimate of drug-likeness (QED) is 0.770. The van der Waals surface area contributed by atoms with Crippen molar-refractivity contribution in [1.29, 1.82) is 0 Å². The summed E-state index contributed by atoms with van der Waals surface area (Å²) in [4.78, 5) is 14.3. The Morgan fingerprint density at radius 2 is 2.35 bits per heavy atom. The van der Waals surface area contributed by atoms with E-state index in [0.717, 1.165) is 18.2 Å². The van der Waals surface area contributed by atoms with Crippen LogP contribution in [-0.2, 0) is 11.3 Å². The molecule has 4 heteroatoms. The zero-order valence-corrected chi connectivity index (χ0v) is 10.5. The molecule has 94 valence electrons. The molecule has 0 aromatic carbocycles. The molecule has 1 aromatic rings. The molecular formula is C13H20N2O2. The smallest absolute Gasteiger partial charge is 0.354 e. The third-order valence-corrected chi connectivity index (χ3v) is 3.62. The molecule has 2 rings (SSSR count). The molecule has 1 aliphatic rings. The first-order valence-corrected chi connectivity index (χ1v) is 6.20. The van der Waals surface area contributed by atoms with E-state index in [1.54, 1.807) is 6.07 Å². The van der Waals surface area contributed by atoms with Crippen LogP contribution in [0.25, 0.3) is 0 Å². The number of methoxy groups -OCH3 is 1. The van der Waals surface area contributed by atoms with E-state index in [0.29, 0.717) is 11.7 Å². The van der Waals surface area contributed by atoms with Crippen molar-refractivity contribution >= 4 is 5.97 Å². The highest BCUT2D eigenvalue weighted by Crippen LogP contribution is 2.29. The first kappa shape index (κ1) is 12.2. The Morgan fingerprint density at radius 1 is 1.59 bits per heavy atom. The van der Waals surface area contributed by atoms with Gasteiger partial charge >= 0.3 is 5.97 Å². The SMILES string of the molecule is COC(=O)c1ccc(CNC(C)C2CCC2)[nH]1. The number of ether oxygens (including phenoxy) is 1. The summed E-state index contributed by atoms with van der Waals surface area (Å²) in [5.74, 6) is 0.508. The molecule has 0 spiro atoms. The number of carbonyl (C=O) groups is 1. The summed E-state index contributed by atoms with van der Waals surface area (Å²) < 4.78 is 4.65. The Bertz CT molecular complexity index is 383. The predicted molar refractivity (Wildman–Crippen MR) is 65.8 cm³/mol. The third kappa shape index (κ3) is 2.88. The molecule has 0 saturated heterocycles. The van der Waals surface area contributed by atoms with Crippen LogP contribution >= 0.6 is 0 Å². The van der Waals surface area contributed by atoms with Gasteiger partial charge in [0.05, 0.1) is 7.11 Å². The molecule has 1 aliphatic carbocycles. The van der Waals surface area contributed by atoms with E-state index in [-0.39, 0.29) is 5.97 Å². The molecule has 1 unspecified atom stereocenters. The average Bonchev–Trinajstić information content (AvgIpc) is 2.71. The second-order valence-electron chi connectivity index (χ2n) is 4.75. The molecular weight excluding hydrogens is 216 g/mol. The Labute approximate surface area is 102 Å². The molecule has 1 fully saturated rings. The number of aromatic nitrogens is 1. The monoisotopic (exact) mass is 236 g/mol. The number of hydrogen-bond acceptors (Lipinski definition) is 3. The largest absolute Gasteiger partial charge is 0.464 e. The average molecular weight is 236 g/mol. The van der Waals surface area contributed by atoms with Crippen LogP contribution in [-0.4, -0.2) is 24.1 Å². The number of esters is 1. The Balaban J connectivity index is 1.82. The fourth-order valence-electron chi connectivity index (χ4n) is 2.15. The minimum atomic E-state index is -0.316. The summed E-state index contributed by atoms with van der Waals surface area (Å²) in [6.07, 6.45) is 4.05. The highest BCUT2D eigenvalue weighted by molar-refractivity contribution is 5.87. The molecule has 0 bridgehead atoms. The zero-order chi connectivity index (χ0) is 12.3. The predicted octanol–water partition coefficient (Wildman–Crippen LogP) is 2.08. The van der Waals surface area contributed by atoms with Crippen LogP contribution in [0.1, 0.15) is 42.4 Å². The van der Waals surface area contributed by atoms with E-state index in [2.05, 4.69) is 22.0 Å². The number of aromatic amines is 1. The van der Waals surface area contributed by atoms with Crippen molar-refractivity contribution in [2.45, 2.75) is 38.8 Å². The van der Waals surface area contributed by atoms with E-state index in [9.17, 15) is 4.79 Å². The topological polar surface area (TPSA) is 54.1 Å². The van der Waals surface area contributed by atoms with Gasteiger partial charge in [-0.2, -0.15) is 0 Å². The van der Waals surface area contributed by atoms with Gasteiger partial charge < -0.3 is 15.0 Å². The molecule has 1 heterocycles. The van der Waals surface area contributed by atoms with Crippen LogP contribution in [0.3, 0.4) is 0 Å². The second-order valence-corrected chi connectivity index (χ2v) is 4.75. The van der Waals surface area contributed by atoms with E-state index in [1.165, 1.54) is 26.4 Å². The van der Waals surface area contributed by atoms with Gasteiger partial charge in [0.2, 0.25) is 0 Å². The lowest BCUT2D eigenvalue weighted by atomic mass is 9.80. The maximum atomic E-state index is 11.3. The van der Waals surface area contributed by atoms with Gasteiger partial charge in [0, 0.05) is 18.3 Å². The van der Waals surface area contributed by atoms with Crippen molar-refractivity contribution in [3.05, 3.63) is 23.5 Å². The summed E-state index contributed by atoms with van der Waals surface area (Å²) in [6.45, 7) is 3.00. The molecule has 2 N–H and O–H groups in total. The number of hydrogen-bond donors (Lipinski definition) is 2. The fraction of sp³-hybridized carbons (Fsp3) is 0.615. The van der Waals surface area contributed by atoms with Crippen LogP contribution in [0, 0.1) is 5.92 Å². The fourth-order valence-corrected chi connectivity index (χ4v) is 2.15. The minimum absolute atomic E-state index is 0.316. The van der Waals surface area contributed by atoms with Gasteiger partial charge in [0.1, 0.15) is 5.69 Å². The summed E-state index contributed by atoms with van der Waals surface area (Å²) in [7, 11) is 1.39. The highest BCUT2D eigenvalue weighted by atomic mass is 16.5. The molecule has 0 radical (unpaired) electrons. The molecule has 0 aliphatic heterocycles. The molecule has 1 atom stereocenters. The van der Waals surface area contributed by atoms with Crippen molar-refractivity contribution < 1.29 is 9.53 Å². The highest BCUT2D eigenvalue weighted by Gasteiger charge is 2.23. The van der Waals surface area contributed by atoms with Gasteiger partial charge in [-0.25, -0.2) is 4.79 Å². The van der Waals surface area contributed by atoms with Gasteiger partial charge in [-0.15, -0.1) is 0 Å². The van der Waals surface area contributed by atoms with Gasteiger partial charge in [-0.05, 0) is 37.8 Å². The van der Waals surface area contributed by atoms with Gasteiger partial charge in [-0.3, -0.25) is 0 Å². The lowest BCUT2D eigenvalue weighted by Gasteiger charge is -2.31. The molecule has 17 heavy (non-hydrogen) atoms. The van der Waals surface area contributed by atoms with E-state index >= 15 is 0 Å². The lowest BCUT2D eigenvalue weighted by Crippen LogP contribution is -2.36. The van der Waals surface area contributed by atoms with Gasteiger partial charge in [0.25, 0.3) is 0 Å². The van der Waals surface area contributed by atoms with Crippen molar-refractivity contribution in [3.8, 4) is 0 Å². The first-order chi connectivity index (χ1) is 8.20. The van der Waals surface area contributed by atoms with Crippen LogP contribution in [0.4, 0.5) is 0 Å². The number of carbonyl (C=O) groups excluding carboxylic acids is 1. The van der Waals surface area contributed by atoms with Crippen molar-refractivity contribution in [2.75, 3.05) is 7.11 Å². The summed E-state index contributed by atoms with van der Waals surface area (Å²) in [5.41, 5.74) is 1.54. The maximum absolute atomic E-state index is 11.3. The maximum Gasteiger partial charge on any atom is 0.354 e. The van der Waals surface area contributed by atoms with Crippen LogP contribution in [0.2, 0.25) is 0 Å². The molecule has 1 aromatic heterocycles. The van der Waals surface area contributed by atoms with E-state index in [4.69, 9.17) is 0 Å². The van der Waals surface area contributed by atoms with E-state index < -0.39 is 0 Å². The minimum Gasteiger partial charge on any atom is -0.464 e. The second kappa shape index (κ2) is 5.36. The molecule has 0 amide bonds. The van der Waals surface area contributed by atoms with Crippen LogP contribution in [0.15, 0.2) is 12.1 Å². The van der Waals surface area contributed by atoms with Crippen LogP contribution < -0.4 is 5.32 Å². The summed E-state index contributed by atoms with van der Waals surface area (Å²) in [6, 6.07) is 4.23.